The fraction of sp³-hybridized carbons (Fsp3) is 1.00. The Labute approximate surface area is 88.3 Å². The number of unbranched alkanes of at least 4 members (excludes halogenated alkanes) is 2. The normalized spacial score (nSPS) is 30.2. The van der Waals surface area contributed by atoms with Crippen LogP contribution in [0.2, 0.25) is 0 Å². The zero-order valence-electron chi connectivity index (χ0n) is 9.77. The van der Waals surface area contributed by atoms with Gasteiger partial charge in [0.15, 0.2) is 0 Å². The summed E-state index contributed by atoms with van der Waals surface area (Å²) in [6.45, 7) is 3.98. The van der Waals surface area contributed by atoms with E-state index in [0.717, 1.165) is 18.8 Å². The Morgan fingerprint density at radius 1 is 1.14 bits per heavy atom. The van der Waals surface area contributed by atoms with Crippen LogP contribution in [0.1, 0.15) is 65.2 Å². The third-order valence-corrected chi connectivity index (χ3v) is 3.76. The molecule has 0 aromatic heterocycles. The second kappa shape index (κ2) is 6.42. The van der Waals surface area contributed by atoms with Gasteiger partial charge in [0.25, 0.3) is 0 Å². The van der Waals surface area contributed by atoms with E-state index < -0.39 is 6.17 Å². The van der Waals surface area contributed by atoms with Crippen molar-refractivity contribution in [3.63, 3.8) is 0 Å². The molecule has 0 saturated heterocycles. The highest BCUT2D eigenvalue weighted by Crippen LogP contribution is 2.34. The summed E-state index contributed by atoms with van der Waals surface area (Å²) in [6.07, 6.45) is 9.72. The molecule has 1 aliphatic carbocycles. The van der Waals surface area contributed by atoms with Gasteiger partial charge in [-0.1, -0.05) is 45.4 Å². The van der Waals surface area contributed by atoms with E-state index in [4.69, 9.17) is 0 Å². The van der Waals surface area contributed by atoms with Crippen molar-refractivity contribution in [2.75, 3.05) is 0 Å². The van der Waals surface area contributed by atoms with Gasteiger partial charge in [0.2, 0.25) is 0 Å². The molecule has 0 radical (unpaired) electrons. The van der Waals surface area contributed by atoms with E-state index in [9.17, 15) is 4.39 Å². The quantitative estimate of drug-likeness (QED) is 0.563. The maximum atomic E-state index is 13.0. The molecule has 1 saturated carbocycles. The second-order valence-electron chi connectivity index (χ2n) is 4.95. The van der Waals surface area contributed by atoms with Crippen LogP contribution in [0.25, 0.3) is 0 Å². The molecule has 1 rings (SSSR count). The van der Waals surface area contributed by atoms with Crippen molar-refractivity contribution in [2.45, 2.75) is 71.4 Å². The molecule has 1 aliphatic rings. The van der Waals surface area contributed by atoms with Crippen molar-refractivity contribution in [1.82, 2.24) is 0 Å². The topological polar surface area (TPSA) is 0 Å². The Hall–Kier alpha value is -0.0700. The highest BCUT2D eigenvalue weighted by atomic mass is 19.1. The lowest BCUT2D eigenvalue weighted by molar-refractivity contribution is 0.164. The van der Waals surface area contributed by atoms with Gasteiger partial charge in [0, 0.05) is 0 Å². The maximum absolute atomic E-state index is 13.0. The van der Waals surface area contributed by atoms with Gasteiger partial charge >= 0.3 is 0 Å². The molecule has 0 amide bonds. The van der Waals surface area contributed by atoms with E-state index in [0.29, 0.717) is 5.92 Å². The molecule has 0 N–H and O–H groups in total. The standard InChI is InChI=1S/C13H25F/c1-3-4-5-6-12-7-9-13(10-8-12)11(2)14/h11-13H,3-10H2,1-2H3. The summed E-state index contributed by atoms with van der Waals surface area (Å²) >= 11 is 0. The molecule has 14 heavy (non-hydrogen) atoms. The van der Waals surface area contributed by atoms with Crippen LogP contribution in [-0.4, -0.2) is 6.17 Å². The fourth-order valence-corrected chi connectivity index (χ4v) is 2.62. The highest BCUT2D eigenvalue weighted by Gasteiger charge is 2.24. The Kier molecular flexibility index (Phi) is 5.50. The minimum absolute atomic E-state index is 0.373. The molecule has 1 fully saturated rings. The third kappa shape index (κ3) is 3.98. The lowest BCUT2D eigenvalue weighted by atomic mass is 9.78. The average Bonchev–Trinajstić information content (AvgIpc) is 2.19. The number of halogens is 1. The van der Waals surface area contributed by atoms with Gasteiger partial charge in [-0.3, -0.25) is 0 Å². The molecule has 0 spiro atoms. The predicted octanol–water partition coefficient (Wildman–Crippen LogP) is 4.73. The monoisotopic (exact) mass is 200 g/mol. The average molecular weight is 200 g/mol. The van der Waals surface area contributed by atoms with Crippen LogP contribution in [0.4, 0.5) is 4.39 Å². The zero-order chi connectivity index (χ0) is 10.4. The van der Waals surface area contributed by atoms with Crippen LogP contribution in [0.15, 0.2) is 0 Å². The summed E-state index contributed by atoms with van der Waals surface area (Å²) in [5.41, 5.74) is 0. The Morgan fingerprint density at radius 3 is 2.29 bits per heavy atom. The Balaban J connectivity index is 2.09. The van der Waals surface area contributed by atoms with E-state index in [1.807, 2.05) is 0 Å². The number of hydrogen-bond donors (Lipinski definition) is 0. The maximum Gasteiger partial charge on any atom is 0.100 e. The van der Waals surface area contributed by atoms with E-state index in [1.54, 1.807) is 6.92 Å². The molecule has 0 heterocycles. The van der Waals surface area contributed by atoms with Crippen LogP contribution in [0.3, 0.4) is 0 Å². The molecule has 0 bridgehead atoms. The second-order valence-corrected chi connectivity index (χ2v) is 4.95. The lowest BCUT2D eigenvalue weighted by Gasteiger charge is -2.29. The zero-order valence-corrected chi connectivity index (χ0v) is 9.77. The molecular weight excluding hydrogens is 175 g/mol. The highest BCUT2D eigenvalue weighted by molar-refractivity contribution is 4.75. The van der Waals surface area contributed by atoms with Crippen LogP contribution in [0, 0.1) is 11.8 Å². The van der Waals surface area contributed by atoms with Crippen molar-refractivity contribution in [2.24, 2.45) is 11.8 Å². The molecule has 0 aliphatic heterocycles. The third-order valence-electron chi connectivity index (χ3n) is 3.76. The molecule has 0 aromatic rings. The van der Waals surface area contributed by atoms with E-state index in [-0.39, 0.29) is 0 Å². The first-order valence-corrected chi connectivity index (χ1v) is 6.38. The summed E-state index contributed by atoms with van der Waals surface area (Å²) in [5, 5.41) is 0. The lowest BCUT2D eigenvalue weighted by Crippen LogP contribution is -2.20. The molecule has 84 valence electrons. The minimum Gasteiger partial charge on any atom is -0.247 e. The Morgan fingerprint density at radius 2 is 1.79 bits per heavy atom. The van der Waals surface area contributed by atoms with Crippen molar-refractivity contribution in [3.8, 4) is 0 Å². The summed E-state index contributed by atoms with van der Waals surface area (Å²) in [5.74, 6) is 1.29. The SMILES string of the molecule is CCCCCC1CCC(C(C)F)CC1. The first-order chi connectivity index (χ1) is 6.74. The van der Waals surface area contributed by atoms with Crippen LogP contribution >= 0.6 is 0 Å². The van der Waals surface area contributed by atoms with Crippen molar-refractivity contribution in [3.05, 3.63) is 0 Å². The van der Waals surface area contributed by atoms with Gasteiger partial charge in [-0.2, -0.15) is 0 Å². The van der Waals surface area contributed by atoms with E-state index in [1.165, 1.54) is 38.5 Å². The number of rotatable bonds is 5. The van der Waals surface area contributed by atoms with Crippen molar-refractivity contribution in [1.29, 1.82) is 0 Å². The van der Waals surface area contributed by atoms with E-state index in [2.05, 4.69) is 6.92 Å². The summed E-state index contributed by atoms with van der Waals surface area (Å²) in [4.78, 5) is 0. The van der Waals surface area contributed by atoms with Crippen molar-refractivity contribution >= 4 is 0 Å². The number of alkyl halides is 1. The summed E-state index contributed by atoms with van der Waals surface area (Å²) in [6, 6.07) is 0. The van der Waals surface area contributed by atoms with Crippen LogP contribution < -0.4 is 0 Å². The van der Waals surface area contributed by atoms with Crippen LogP contribution in [-0.2, 0) is 0 Å². The molecule has 0 nitrogen and oxygen atoms in total. The van der Waals surface area contributed by atoms with Gasteiger partial charge < -0.3 is 0 Å². The van der Waals surface area contributed by atoms with Gasteiger partial charge in [-0.15, -0.1) is 0 Å². The minimum atomic E-state index is -0.577. The predicted molar refractivity (Wildman–Crippen MR) is 60.2 cm³/mol. The summed E-state index contributed by atoms with van der Waals surface area (Å²) < 4.78 is 13.0. The molecule has 0 aromatic carbocycles. The Bertz CT molecular complexity index is 134. The fourth-order valence-electron chi connectivity index (χ4n) is 2.62. The molecule has 1 unspecified atom stereocenters. The molecule has 1 heteroatoms. The van der Waals surface area contributed by atoms with Crippen molar-refractivity contribution < 1.29 is 4.39 Å². The summed E-state index contributed by atoms with van der Waals surface area (Å²) in [7, 11) is 0. The molecular formula is C13H25F. The van der Waals surface area contributed by atoms with Gasteiger partial charge in [-0.05, 0) is 31.6 Å². The smallest absolute Gasteiger partial charge is 0.100 e. The first kappa shape index (κ1) is 12.0. The van der Waals surface area contributed by atoms with Gasteiger partial charge in [0.1, 0.15) is 6.17 Å². The van der Waals surface area contributed by atoms with Crippen LogP contribution in [0.5, 0.6) is 0 Å². The first-order valence-electron chi connectivity index (χ1n) is 6.38. The van der Waals surface area contributed by atoms with Gasteiger partial charge in [-0.25, -0.2) is 4.39 Å². The molecule has 1 atom stereocenters. The van der Waals surface area contributed by atoms with E-state index >= 15 is 0 Å². The largest absolute Gasteiger partial charge is 0.247 e. The number of hydrogen-bond acceptors (Lipinski definition) is 0. The van der Waals surface area contributed by atoms with Gasteiger partial charge in [0.05, 0.1) is 0 Å².